The average molecular weight is 299 g/mol. The molecule has 3 amide bonds. The number of hydrogen-bond acceptors (Lipinski definition) is 4. The van der Waals surface area contributed by atoms with Crippen LogP contribution in [-0.4, -0.2) is 36.2 Å². The highest BCUT2D eigenvalue weighted by Gasteiger charge is 2.26. The molecule has 0 unspecified atom stereocenters. The van der Waals surface area contributed by atoms with Crippen LogP contribution < -0.4 is 15.0 Å². The second-order valence-corrected chi connectivity index (χ2v) is 4.46. The van der Waals surface area contributed by atoms with Crippen LogP contribution in [-0.2, 0) is 9.59 Å². The van der Waals surface area contributed by atoms with Gasteiger partial charge in [0.25, 0.3) is 0 Å². The van der Waals surface area contributed by atoms with Gasteiger partial charge in [0, 0.05) is 19.0 Å². The SMILES string of the molecule is O=C(O)COc1ccc(Cl)c(N2CCC(=O)NC2=O)c1. The number of ether oxygens (including phenoxy) is 1. The molecule has 2 N–H and O–H groups in total. The Bertz CT molecular complexity index is 575. The number of hydrogen-bond donors (Lipinski definition) is 2. The third kappa shape index (κ3) is 3.18. The lowest BCUT2D eigenvalue weighted by Gasteiger charge is -2.27. The van der Waals surface area contributed by atoms with Crippen LogP contribution >= 0.6 is 11.6 Å². The summed E-state index contributed by atoms with van der Waals surface area (Å²) in [7, 11) is 0. The number of aliphatic carboxylic acids is 1. The van der Waals surface area contributed by atoms with Crippen molar-refractivity contribution in [3.8, 4) is 5.75 Å². The minimum Gasteiger partial charge on any atom is -0.482 e. The molecule has 8 heteroatoms. The quantitative estimate of drug-likeness (QED) is 0.872. The highest BCUT2D eigenvalue weighted by Crippen LogP contribution is 2.31. The summed E-state index contributed by atoms with van der Waals surface area (Å²) in [6, 6.07) is 3.89. The fraction of sp³-hybridized carbons (Fsp3) is 0.250. The third-order valence-corrected chi connectivity index (χ3v) is 2.94. The summed E-state index contributed by atoms with van der Waals surface area (Å²) in [6.07, 6.45) is 0.169. The van der Waals surface area contributed by atoms with Gasteiger partial charge in [-0.15, -0.1) is 0 Å². The smallest absolute Gasteiger partial charge is 0.341 e. The third-order valence-electron chi connectivity index (χ3n) is 2.62. The van der Waals surface area contributed by atoms with E-state index in [-0.39, 0.29) is 24.6 Å². The van der Waals surface area contributed by atoms with Gasteiger partial charge in [-0.25, -0.2) is 9.59 Å². The van der Waals surface area contributed by atoms with Gasteiger partial charge in [0.05, 0.1) is 10.7 Å². The topological polar surface area (TPSA) is 95.9 Å². The van der Waals surface area contributed by atoms with E-state index in [0.29, 0.717) is 10.7 Å². The zero-order chi connectivity index (χ0) is 14.7. The molecule has 0 bridgehead atoms. The van der Waals surface area contributed by atoms with Gasteiger partial charge in [0.2, 0.25) is 5.91 Å². The van der Waals surface area contributed by atoms with Crippen LogP contribution in [0.5, 0.6) is 5.75 Å². The van der Waals surface area contributed by atoms with Crippen LogP contribution in [0.25, 0.3) is 0 Å². The maximum absolute atomic E-state index is 11.7. The number of urea groups is 1. The number of carboxylic acids is 1. The summed E-state index contributed by atoms with van der Waals surface area (Å²) >= 11 is 6.02. The molecule has 20 heavy (non-hydrogen) atoms. The van der Waals surface area contributed by atoms with Crippen LogP contribution in [0.1, 0.15) is 6.42 Å². The van der Waals surface area contributed by atoms with Crippen molar-refractivity contribution in [2.24, 2.45) is 0 Å². The lowest BCUT2D eigenvalue weighted by molar-refractivity contribution is -0.139. The van der Waals surface area contributed by atoms with Gasteiger partial charge >= 0.3 is 12.0 Å². The molecule has 1 aromatic carbocycles. The fourth-order valence-electron chi connectivity index (χ4n) is 1.73. The molecule has 0 saturated carbocycles. The summed E-state index contributed by atoms with van der Waals surface area (Å²) in [4.78, 5) is 34.6. The van der Waals surface area contributed by atoms with Crippen molar-refractivity contribution < 1.29 is 24.2 Å². The number of anilines is 1. The Morgan fingerprint density at radius 2 is 2.20 bits per heavy atom. The maximum atomic E-state index is 11.7. The van der Waals surface area contributed by atoms with E-state index < -0.39 is 18.6 Å². The summed E-state index contributed by atoms with van der Waals surface area (Å²) < 4.78 is 5.03. The minimum atomic E-state index is -1.11. The van der Waals surface area contributed by atoms with Crippen LogP contribution in [0.4, 0.5) is 10.5 Å². The van der Waals surface area contributed by atoms with Gasteiger partial charge in [0.1, 0.15) is 5.75 Å². The van der Waals surface area contributed by atoms with Crippen molar-refractivity contribution in [1.82, 2.24) is 5.32 Å². The summed E-state index contributed by atoms with van der Waals surface area (Å²) in [5, 5.41) is 11.0. The first kappa shape index (κ1) is 14.1. The lowest BCUT2D eigenvalue weighted by Crippen LogP contribution is -2.49. The molecule has 2 rings (SSSR count). The van der Waals surface area contributed by atoms with Crippen molar-refractivity contribution in [3.05, 3.63) is 23.2 Å². The zero-order valence-corrected chi connectivity index (χ0v) is 11.0. The molecule has 1 aromatic rings. The van der Waals surface area contributed by atoms with Crippen molar-refractivity contribution in [2.45, 2.75) is 6.42 Å². The number of benzene rings is 1. The molecular weight excluding hydrogens is 288 g/mol. The number of amides is 3. The standard InChI is InChI=1S/C12H11ClN2O5/c13-8-2-1-7(20-6-11(17)18)5-9(8)15-4-3-10(16)14-12(15)19/h1-2,5H,3-4,6H2,(H,17,18)(H,14,16,19). The minimum absolute atomic E-state index is 0.169. The van der Waals surface area contributed by atoms with Crippen molar-refractivity contribution in [1.29, 1.82) is 0 Å². The highest BCUT2D eigenvalue weighted by molar-refractivity contribution is 6.34. The van der Waals surface area contributed by atoms with Gasteiger partial charge in [-0.2, -0.15) is 0 Å². The molecular formula is C12H11ClN2O5. The fourth-order valence-corrected chi connectivity index (χ4v) is 1.95. The van der Waals surface area contributed by atoms with E-state index in [1.807, 2.05) is 0 Å². The highest BCUT2D eigenvalue weighted by atomic mass is 35.5. The van der Waals surface area contributed by atoms with Gasteiger partial charge in [-0.3, -0.25) is 15.0 Å². The molecule has 0 atom stereocenters. The van der Waals surface area contributed by atoms with Gasteiger partial charge in [0.15, 0.2) is 6.61 Å². The molecule has 1 fully saturated rings. The number of imide groups is 1. The summed E-state index contributed by atoms with van der Waals surface area (Å²) in [5.41, 5.74) is 0.361. The van der Waals surface area contributed by atoms with Gasteiger partial charge < -0.3 is 9.84 Å². The Hall–Kier alpha value is -2.28. The Labute approximate surface area is 119 Å². The summed E-state index contributed by atoms with van der Waals surface area (Å²) in [6.45, 7) is -0.293. The van der Waals surface area contributed by atoms with E-state index in [0.717, 1.165) is 0 Å². The Morgan fingerprint density at radius 3 is 2.85 bits per heavy atom. The molecule has 106 valence electrons. The number of rotatable bonds is 4. The number of carboxylic acid groups (broad SMARTS) is 1. The van der Waals surface area contributed by atoms with E-state index in [2.05, 4.69) is 5.32 Å². The molecule has 7 nitrogen and oxygen atoms in total. The van der Waals surface area contributed by atoms with Crippen LogP contribution in [0.3, 0.4) is 0 Å². The maximum Gasteiger partial charge on any atom is 0.341 e. The van der Waals surface area contributed by atoms with E-state index in [1.54, 1.807) is 0 Å². The molecule has 1 aliphatic heterocycles. The first-order valence-electron chi connectivity index (χ1n) is 5.73. The number of carbonyl (C=O) groups excluding carboxylic acids is 2. The first-order valence-corrected chi connectivity index (χ1v) is 6.10. The molecule has 1 aliphatic rings. The number of halogens is 1. The van der Waals surface area contributed by atoms with Gasteiger partial charge in [-0.1, -0.05) is 11.6 Å². The zero-order valence-electron chi connectivity index (χ0n) is 10.3. The first-order chi connectivity index (χ1) is 9.47. The number of nitrogens with one attached hydrogen (secondary N) is 1. The molecule has 1 heterocycles. The van der Waals surface area contributed by atoms with Crippen molar-refractivity contribution >= 4 is 35.2 Å². The van der Waals surface area contributed by atoms with E-state index in [9.17, 15) is 14.4 Å². The van der Waals surface area contributed by atoms with Gasteiger partial charge in [-0.05, 0) is 12.1 Å². The normalized spacial score (nSPS) is 14.9. The van der Waals surface area contributed by atoms with Crippen LogP contribution in [0.2, 0.25) is 5.02 Å². The van der Waals surface area contributed by atoms with E-state index in [1.165, 1.54) is 23.1 Å². The monoisotopic (exact) mass is 298 g/mol. The Kier molecular flexibility index (Phi) is 4.09. The molecule has 0 aromatic heterocycles. The van der Waals surface area contributed by atoms with Crippen molar-refractivity contribution in [2.75, 3.05) is 18.1 Å². The van der Waals surface area contributed by atoms with E-state index >= 15 is 0 Å². The Balaban J connectivity index is 2.22. The van der Waals surface area contributed by atoms with Crippen LogP contribution in [0.15, 0.2) is 18.2 Å². The second kappa shape index (κ2) is 5.79. The van der Waals surface area contributed by atoms with E-state index in [4.69, 9.17) is 21.4 Å². The predicted octanol–water partition coefficient (Wildman–Crippen LogP) is 1.25. The molecule has 0 aliphatic carbocycles. The average Bonchev–Trinajstić information content (AvgIpc) is 2.38. The number of nitrogens with zero attached hydrogens (tertiary/aromatic N) is 1. The van der Waals surface area contributed by atoms with Crippen LogP contribution in [0, 0.1) is 0 Å². The second-order valence-electron chi connectivity index (χ2n) is 4.05. The molecule has 1 saturated heterocycles. The molecule has 0 spiro atoms. The van der Waals surface area contributed by atoms with Crippen molar-refractivity contribution in [3.63, 3.8) is 0 Å². The summed E-state index contributed by atoms with van der Waals surface area (Å²) in [5.74, 6) is -1.18. The Morgan fingerprint density at radius 1 is 1.45 bits per heavy atom. The lowest BCUT2D eigenvalue weighted by atomic mass is 10.2. The largest absolute Gasteiger partial charge is 0.482 e. The molecule has 0 radical (unpaired) electrons. The number of carbonyl (C=O) groups is 3. The predicted molar refractivity (Wildman–Crippen MR) is 70.1 cm³/mol.